The normalized spacial score (nSPS) is 16.3. The number of benzene rings is 1. The average molecular weight is 303 g/mol. The van der Waals surface area contributed by atoms with Crippen molar-refractivity contribution >= 4 is 17.3 Å². The Morgan fingerprint density at radius 1 is 1.48 bits per heavy atom. The van der Waals surface area contributed by atoms with E-state index in [1.54, 1.807) is 11.3 Å². The summed E-state index contributed by atoms with van der Waals surface area (Å²) in [4.78, 5) is 15.9. The van der Waals surface area contributed by atoms with E-state index in [-0.39, 0.29) is 12.1 Å². The molecule has 0 aliphatic carbocycles. The number of hydrogen-bond donors (Lipinski definition) is 0. The summed E-state index contributed by atoms with van der Waals surface area (Å²) in [6.45, 7) is 2.24. The van der Waals surface area contributed by atoms with Crippen molar-refractivity contribution < 1.29 is 14.3 Å². The summed E-state index contributed by atoms with van der Waals surface area (Å²) in [7, 11) is 0. The average Bonchev–Trinajstić information content (AvgIpc) is 3.11. The topological polar surface area (TPSA) is 48.4 Å². The molecule has 21 heavy (non-hydrogen) atoms. The highest BCUT2D eigenvalue weighted by Gasteiger charge is 2.26. The molecule has 1 aromatic carbocycles. The van der Waals surface area contributed by atoms with E-state index in [1.165, 1.54) is 5.56 Å². The summed E-state index contributed by atoms with van der Waals surface area (Å²) >= 11 is 1.59. The molecule has 1 aliphatic rings. The van der Waals surface area contributed by atoms with Gasteiger partial charge in [-0.1, -0.05) is 18.2 Å². The first-order valence-electron chi connectivity index (χ1n) is 7.10. The fourth-order valence-electron chi connectivity index (χ4n) is 2.37. The van der Waals surface area contributed by atoms with Crippen molar-refractivity contribution in [2.24, 2.45) is 0 Å². The van der Waals surface area contributed by atoms with Crippen LogP contribution in [-0.2, 0) is 22.4 Å². The first-order chi connectivity index (χ1) is 10.3. The molecule has 0 spiro atoms. The molecule has 1 aromatic heterocycles. The highest BCUT2D eigenvalue weighted by atomic mass is 32.1. The van der Waals surface area contributed by atoms with Gasteiger partial charge in [0.15, 0.2) is 6.10 Å². The lowest BCUT2D eigenvalue weighted by Crippen LogP contribution is -2.06. The zero-order valence-electron chi connectivity index (χ0n) is 11.9. The fraction of sp³-hybridized carbons (Fsp3) is 0.375. The van der Waals surface area contributed by atoms with Crippen molar-refractivity contribution in [1.82, 2.24) is 4.98 Å². The number of esters is 1. The second-order valence-corrected chi connectivity index (χ2v) is 5.79. The SMILES string of the molecule is CCOC(=O)CCc1csc(C2Cc3ccccc3O2)n1. The van der Waals surface area contributed by atoms with Crippen molar-refractivity contribution in [3.63, 3.8) is 0 Å². The van der Waals surface area contributed by atoms with Crippen LogP contribution in [0.2, 0.25) is 0 Å². The van der Waals surface area contributed by atoms with Gasteiger partial charge in [0.05, 0.1) is 18.7 Å². The maximum Gasteiger partial charge on any atom is 0.306 e. The van der Waals surface area contributed by atoms with Gasteiger partial charge in [0, 0.05) is 18.2 Å². The minimum absolute atomic E-state index is 0.00347. The summed E-state index contributed by atoms with van der Waals surface area (Å²) in [6.07, 6.45) is 1.86. The predicted octanol–water partition coefficient (Wildman–Crippen LogP) is 3.32. The third kappa shape index (κ3) is 3.24. The quantitative estimate of drug-likeness (QED) is 0.795. The number of ether oxygens (including phenoxy) is 2. The fourth-order valence-corrected chi connectivity index (χ4v) is 3.25. The van der Waals surface area contributed by atoms with Crippen LogP contribution in [0.4, 0.5) is 0 Å². The van der Waals surface area contributed by atoms with Crippen molar-refractivity contribution in [3.8, 4) is 5.75 Å². The molecule has 0 saturated heterocycles. The summed E-state index contributed by atoms with van der Waals surface area (Å²) < 4.78 is 10.9. The second-order valence-electron chi connectivity index (χ2n) is 4.90. The Labute approximate surface area is 127 Å². The molecule has 0 fully saturated rings. The van der Waals surface area contributed by atoms with Crippen LogP contribution in [-0.4, -0.2) is 17.6 Å². The molecule has 1 atom stereocenters. The van der Waals surface area contributed by atoms with Gasteiger partial charge in [-0.05, 0) is 18.6 Å². The van der Waals surface area contributed by atoms with Crippen LogP contribution in [0.1, 0.15) is 35.7 Å². The smallest absolute Gasteiger partial charge is 0.306 e. The van der Waals surface area contributed by atoms with E-state index in [0.717, 1.165) is 22.9 Å². The van der Waals surface area contributed by atoms with Crippen LogP contribution in [0.15, 0.2) is 29.6 Å². The predicted molar refractivity (Wildman–Crippen MR) is 80.6 cm³/mol. The molecule has 2 aromatic rings. The summed E-state index contributed by atoms with van der Waals surface area (Å²) in [5.74, 6) is 0.780. The third-order valence-corrected chi connectivity index (χ3v) is 4.37. The van der Waals surface area contributed by atoms with E-state index in [2.05, 4.69) is 11.1 Å². The highest BCUT2D eigenvalue weighted by molar-refractivity contribution is 7.09. The lowest BCUT2D eigenvalue weighted by molar-refractivity contribution is -0.143. The molecule has 0 amide bonds. The molecule has 110 valence electrons. The number of carbonyl (C=O) groups excluding carboxylic acids is 1. The first kappa shape index (κ1) is 14.1. The van der Waals surface area contributed by atoms with Gasteiger partial charge in [-0.25, -0.2) is 4.98 Å². The number of rotatable bonds is 5. The van der Waals surface area contributed by atoms with Gasteiger partial charge in [0.2, 0.25) is 0 Å². The number of thiazole rings is 1. The number of fused-ring (bicyclic) bond motifs is 1. The van der Waals surface area contributed by atoms with E-state index in [0.29, 0.717) is 19.4 Å². The lowest BCUT2D eigenvalue weighted by Gasteiger charge is -2.06. The van der Waals surface area contributed by atoms with Gasteiger partial charge in [0.25, 0.3) is 0 Å². The standard InChI is InChI=1S/C16H17NO3S/c1-2-19-15(18)8-7-12-10-21-16(17-12)14-9-11-5-3-4-6-13(11)20-14/h3-6,10,14H,2,7-9H2,1H3. The van der Waals surface area contributed by atoms with Crippen molar-refractivity contribution in [2.45, 2.75) is 32.3 Å². The highest BCUT2D eigenvalue weighted by Crippen LogP contribution is 2.37. The van der Waals surface area contributed by atoms with E-state index in [1.807, 2.05) is 30.5 Å². The van der Waals surface area contributed by atoms with Crippen LogP contribution >= 0.6 is 11.3 Å². The van der Waals surface area contributed by atoms with Gasteiger partial charge in [0.1, 0.15) is 10.8 Å². The van der Waals surface area contributed by atoms with Gasteiger partial charge in [-0.15, -0.1) is 11.3 Å². The Kier molecular flexibility index (Phi) is 4.20. The summed E-state index contributed by atoms with van der Waals surface area (Å²) in [5, 5.41) is 2.98. The van der Waals surface area contributed by atoms with Crippen LogP contribution in [0.25, 0.3) is 0 Å². The molecular formula is C16H17NO3S. The molecule has 3 rings (SSSR count). The number of para-hydroxylation sites is 1. The van der Waals surface area contributed by atoms with Gasteiger partial charge in [-0.3, -0.25) is 4.79 Å². The lowest BCUT2D eigenvalue weighted by atomic mass is 10.1. The molecule has 0 radical (unpaired) electrons. The molecule has 0 N–H and O–H groups in total. The van der Waals surface area contributed by atoms with Crippen molar-refractivity contribution in [2.75, 3.05) is 6.61 Å². The molecule has 5 heteroatoms. The van der Waals surface area contributed by atoms with Crippen LogP contribution in [0, 0.1) is 0 Å². The third-order valence-electron chi connectivity index (χ3n) is 3.38. The van der Waals surface area contributed by atoms with Gasteiger partial charge < -0.3 is 9.47 Å². The van der Waals surface area contributed by atoms with Gasteiger partial charge >= 0.3 is 5.97 Å². The molecular weight excluding hydrogens is 286 g/mol. The maximum atomic E-state index is 11.4. The Bertz CT molecular complexity index is 613. The van der Waals surface area contributed by atoms with E-state index in [9.17, 15) is 4.79 Å². The number of aryl methyl sites for hydroxylation is 1. The Balaban J connectivity index is 1.60. The van der Waals surface area contributed by atoms with E-state index in [4.69, 9.17) is 9.47 Å². The molecule has 1 unspecified atom stereocenters. The zero-order chi connectivity index (χ0) is 14.7. The molecule has 4 nitrogen and oxygen atoms in total. The van der Waals surface area contributed by atoms with E-state index >= 15 is 0 Å². The van der Waals surface area contributed by atoms with Crippen LogP contribution in [0.5, 0.6) is 5.75 Å². The van der Waals surface area contributed by atoms with Crippen LogP contribution < -0.4 is 4.74 Å². The van der Waals surface area contributed by atoms with Crippen LogP contribution in [0.3, 0.4) is 0 Å². The Morgan fingerprint density at radius 2 is 2.33 bits per heavy atom. The first-order valence-corrected chi connectivity index (χ1v) is 7.98. The summed E-state index contributed by atoms with van der Waals surface area (Å²) in [5.41, 5.74) is 2.16. The number of nitrogens with zero attached hydrogens (tertiary/aromatic N) is 1. The van der Waals surface area contributed by atoms with Crippen molar-refractivity contribution in [3.05, 3.63) is 45.9 Å². The van der Waals surface area contributed by atoms with Gasteiger partial charge in [-0.2, -0.15) is 0 Å². The number of aromatic nitrogens is 1. The molecule has 1 aliphatic heterocycles. The minimum atomic E-state index is -0.170. The molecule has 0 bridgehead atoms. The summed E-state index contributed by atoms with van der Waals surface area (Å²) in [6, 6.07) is 8.08. The number of hydrogen-bond acceptors (Lipinski definition) is 5. The largest absolute Gasteiger partial charge is 0.483 e. The molecule has 2 heterocycles. The molecule has 0 saturated carbocycles. The monoisotopic (exact) mass is 303 g/mol. The second kappa shape index (κ2) is 6.26. The number of carbonyl (C=O) groups is 1. The van der Waals surface area contributed by atoms with E-state index < -0.39 is 0 Å². The Morgan fingerprint density at radius 3 is 3.14 bits per heavy atom. The maximum absolute atomic E-state index is 11.4. The minimum Gasteiger partial charge on any atom is -0.483 e. The van der Waals surface area contributed by atoms with Crippen molar-refractivity contribution in [1.29, 1.82) is 0 Å². The zero-order valence-corrected chi connectivity index (χ0v) is 12.7. The Hall–Kier alpha value is -1.88.